The fraction of sp³-hybridized carbons (Fsp3) is 0.188. The molecular formula is C16H14BrFO. The maximum atomic E-state index is 13.1. The van der Waals surface area contributed by atoms with Crippen molar-refractivity contribution < 1.29 is 9.18 Å². The van der Waals surface area contributed by atoms with E-state index in [9.17, 15) is 9.18 Å². The molecule has 0 heterocycles. The number of ketones is 1. The van der Waals surface area contributed by atoms with Crippen molar-refractivity contribution in [3.05, 3.63) is 69.9 Å². The van der Waals surface area contributed by atoms with Crippen LogP contribution >= 0.6 is 15.9 Å². The highest BCUT2D eigenvalue weighted by atomic mass is 79.9. The molecule has 0 amide bonds. The van der Waals surface area contributed by atoms with Gasteiger partial charge in [0.25, 0.3) is 0 Å². The van der Waals surface area contributed by atoms with E-state index in [0.717, 1.165) is 11.1 Å². The van der Waals surface area contributed by atoms with Crippen LogP contribution in [0.3, 0.4) is 0 Å². The lowest BCUT2D eigenvalue weighted by molar-refractivity contribution is 0.0929. The molecule has 0 aliphatic carbocycles. The Labute approximate surface area is 120 Å². The van der Waals surface area contributed by atoms with Gasteiger partial charge in [-0.2, -0.15) is 0 Å². The third-order valence-electron chi connectivity index (χ3n) is 3.03. The van der Waals surface area contributed by atoms with Crippen molar-refractivity contribution in [2.75, 3.05) is 0 Å². The van der Waals surface area contributed by atoms with Crippen molar-refractivity contribution in [1.29, 1.82) is 0 Å². The number of hydrogen-bond donors (Lipinski definition) is 0. The van der Waals surface area contributed by atoms with E-state index in [1.807, 2.05) is 37.3 Å². The first kappa shape index (κ1) is 13.9. The highest BCUT2D eigenvalue weighted by Gasteiger charge is 2.15. The Morgan fingerprint density at radius 2 is 1.89 bits per heavy atom. The van der Waals surface area contributed by atoms with Gasteiger partial charge in [0.2, 0.25) is 0 Å². The molecule has 0 saturated carbocycles. The van der Waals surface area contributed by atoms with Crippen molar-refractivity contribution in [2.45, 2.75) is 13.3 Å². The van der Waals surface area contributed by atoms with Crippen LogP contribution in [0.15, 0.2) is 53.0 Å². The van der Waals surface area contributed by atoms with E-state index in [1.54, 1.807) is 12.1 Å². The quantitative estimate of drug-likeness (QED) is 0.749. The molecule has 3 heteroatoms. The van der Waals surface area contributed by atoms with Gasteiger partial charge in [0.05, 0.1) is 4.47 Å². The smallest absolute Gasteiger partial charge is 0.165 e. The SMILES string of the molecule is CC(Cc1ccc(F)c(Br)c1)C(=O)c1ccccc1. The number of benzene rings is 2. The molecular weight excluding hydrogens is 307 g/mol. The topological polar surface area (TPSA) is 17.1 Å². The van der Waals surface area contributed by atoms with Gasteiger partial charge in [-0.25, -0.2) is 4.39 Å². The van der Waals surface area contributed by atoms with E-state index < -0.39 is 0 Å². The van der Waals surface area contributed by atoms with Crippen molar-refractivity contribution in [3.63, 3.8) is 0 Å². The van der Waals surface area contributed by atoms with E-state index in [2.05, 4.69) is 15.9 Å². The number of Topliss-reactive ketones (excluding diaryl/α,β-unsaturated/α-hetero) is 1. The molecule has 1 atom stereocenters. The third kappa shape index (κ3) is 3.51. The summed E-state index contributed by atoms with van der Waals surface area (Å²) in [5.41, 5.74) is 1.67. The van der Waals surface area contributed by atoms with Gasteiger partial charge in [-0.15, -0.1) is 0 Å². The maximum Gasteiger partial charge on any atom is 0.165 e. The summed E-state index contributed by atoms with van der Waals surface area (Å²) >= 11 is 3.16. The molecule has 0 spiro atoms. The molecule has 1 unspecified atom stereocenters. The van der Waals surface area contributed by atoms with Crippen molar-refractivity contribution in [2.24, 2.45) is 5.92 Å². The molecule has 0 aliphatic heterocycles. The minimum Gasteiger partial charge on any atom is -0.294 e. The first-order valence-corrected chi connectivity index (χ1v) is 6.90. The van der Waals surface area contributed by atoms with Gasteiger partial charge in [-0.3, -0.25) is 4.79 Å². The normalized spacial score (nSPS) is 12.2. The summed E-state index contributed by atoms with van der Waals surface area (Å²) < 4.78 is 13.6. The summed E-state index contributed by atoms with van der Waals surface area (Å²) in [5, 5.41) is 0. The molecule has 0 aliphatic rings. The summed E-state index contributed by atoms with van der Waals surface area (Å²) in [6.45, 7) is 1.90. The van der Waals surface area contributed by atoms with Crippen LogP contribution in [0.25, 0.3) is 0 Å². The first-order valence-electron chi connectivity index (χ1n) is 6.11. The molecule has 98 valence electrons. The molecule has 0 aromatic heterocycles. The Morgan fingerprint density at radius 1 is 1.21 bits per heavy atom. The minimum absolute atomic E-state index is 0.112. The van der Waals surface area contributed by atoms with E-state index in [-0.39, 0.29) is 17.5 Å². The van der Waals surface area contributed by atoms with Crippen LogP contribution < -0.4 is 0 Å². The van der Waals surface area contributed by atoms with Gasteiger partial charge in [0.1, 0.15) is 5.82 Å². The molecule has 0 bridgehead atoms. The lowest BCUT2D eigenvalue weighted by Crippen LogP contribution is -2.14. The van der Waals surface area contributed by atoms with Crippen LogP contribution in [0.1, 0.15) is 22.8 Å². The molecule has 2 aromatic carbocycles. The van der Waals surface area contributed by atoms with Crippen LogP contribution in [0, 0.1) is 11.7 Å². The Kier molecular flexibility index (Phi) is 4.48. The van der Waals surface area contributed by atoms with Gasteiger partial charge in [0, 0.05) is 11.5 Å². The van der Waals surface area contributed by atoms with E-state index in [4.69, 9.17) is 0 Å². The van der Waals surface area contributed by atoms with Gasteiger partial charge in [-0.05, 0) is 40.0 Å². The molecule has 0 saturated heterocycles. The van der Waals surface area contributed by atoms with Crippen LogP contribution in [-0.4, -0.2) is 5.78 Å². The van der Waals surface area contributed by atoms with E-state index >= 15 is 0 Å². The Balaban J connectivity index is 2.10. The Morgan fingerprint density at radius 3 is 2.53 bits per heavy atom. The number of halogens is 2. The summed E-state index contributed by atoms with van der Waals surface area (Å²) in [7, 11) is 0. The fourth-order valence-electron chi connectivity index (χ4n) is 2.00. The molecule has 0 fully saturated rings. The molecule has 19 heavy (non-hydrogen) atoms. The highest BCUT2D eigenvalue weighted by molar-refractivity contribution is 9.10. The largest absolute Gasteiger partial charge is 0.294 e. The van der Waals surface area contributed by atoms with Crippen LogP contribution in [0.4, 0.5) is 4.39 Å². The lowest BCUT2D eigenvalue weighted by Gasteiger charge is -2.11. The second kappa shape index (κ2) is 6.11. The average Bonchev–Trinajstić information content (AvgIpc) is 2.43. The van der Waals surface area contributed by atoms with Crippen molar-refractivity contribution >= 4 is 21.7 Å². The van der Waals surface area contributed by atoms with E-state index in [1.165, 1.54) is 6.07 Å². The van der Waals surface area contributed by atoms with Crippen molar-refractivity contribution in [1.82, 2.24) is 0 Å². The molecule has 2 rings (SSSR count). The zero-order valence-electron chi connectivity index (χ0n) is 10.6. The number of rotatable bonds is 4. The lowest BCUT2D eigenvalue weighted by atomic mass is 9.93. The number of hydrogen-bond acceptors (Lipinski definition) is 1. The first-order chi connectivity index (χ1) is 9.08. The van der Waals surface area contributed by atoms with Crippen LogP contribution in [0.5, 0.6) is 0 Å². The fourth-order valence-corrected chi connectivity index (χ4v) is 2.43. The Bertz CT molecular complexity index is 581. The van der Waals surface area contributed by atoms with Crippen molar-refractivity contribution in [3.8, 4) is 0 Å². The maximum absolute atomic E-state index is 13.1. The van der Waals surface area contributed by atoms with E-state index in [0.29, 0.717) is 10.9 Å². The summed E-state index contributed by atoms with van der Waals surface area (Å²) in [6, 6.07) is 14.1. The predicted octanol–water partition coefficient (Wildman–Crippen LogP) is 4.65. The summed E-state index contributed by atoms with van der Waals surface area (Å²) in [5.74, 6) is -0.299. The molecule has 0 N–H and O–H groups in total. The zero-order valence-corrected chi connectivity index (χ0v) is 12.2. The van der Waals surface area contributed by atoms with Crippen LogP contribution in [-0.2, 0) is 6.42 Å². The zero-order chi connectivity index (χ0) is 13.8. The molecule has 0 radical (unpaired) electrons. The summed E-state index contributed by atoms with van der Waals surface area (Å²) in [4.78, 5) is 12.2. The molecule has 2 aromatic rings. The number of carbonyl (C=O) groups excluding carboxylic acids is 1. The second-order valence-electron chi connectivity index (χ2n) is 4.58. The monoisotopic (exact) mass is 320 g/mol. The average molecular weight is 321 g/mol. The van der Waals surface area contributed by atoms with Gasteiger partial charge in [-0.1, -0.05) is 43.3 Å². The highest BCUT2D eigenvalue weighted by Crippen LogP contribution is 2.20. The van der Waals surface area contributed by atoms with Gasteiger partial charge >= 0.3 is 0 Å². The number of carbonyl (C=O) groups is 1. The van der Waals surface area contributed by atoms with Gasteiger partial charge < -0.3 is 0 Å². The summed E-state index contributed by atoms with van der Waals surface area (Å²) in [6.07, 6.45) is 0.604. The second-order valence-corrected chi connectivity index (χ2v) is 5.44. The van der Waals surface area contributed by atoms with Gasteiger partial charge in [0.15, 0.2) is 5.78 Å². The third-order valence-corrected chi connectivity index (χ3v) is 3.64. The predicted molar refractivity (Wildman–Crippen MR) is 77.7 cm³/mol. The minimum atomic E-state index is -0.286. The molecule has 1 nitrogen and oxygen atoms in total. The Hall–Kier alpha value is -1.48. The standard InChI is InChI=1S/C16H14BrFO/c1-11(16(19)13-5-3-2-4-6-13)9-12-7-8-15(18)14(17)10-12/h2-8,10-11H,9H2,1H3. The van der Waals surface area contributed by atoms with Crippen LogP contribution in [0.2, 0.25) is 0 Å².